The fraction of sp³-hybridized carbons (Fsp3) is 0.500. The third kappa shape index (κ3) is 3.93. The van der Waals surface area contributed by atoms with E-state index < -0.39 is 11.9 Å². The van der Waals surface area contributed by atoms with Crippen molar-refractivity contribution >= 4 is 17.8 Å². The van der Waals surface area contributed by atoms with Crippen LogP contribution < -0.4 is 5.32 Å². The summed E-state index contributed by atoms with van der Waals surface area (Å²) in [5, 5.41) is 12.0. The molecular formula is C18H22N2O4. The molecule has 2 atom stereocenters. The number of nitrogens with one attached hydrogen (secondary N) is 1. The number of carboxylic acid groups (broad SMARTS) is 1. The summed E-state index contributed by atoms with van der Waals surface area (Å²) in [4.78, 5) is 37.1. The van der Waals surface area contributed by atoms with Gasteiger partial charge >= 0.3 is 5.97 Å². The zero-order valence-corrected chi connectivity index (χ0v) is 13.5. The average molecular weight is 330 g/mol. The number of carbonyl (C=O) groups excluding carboxylic acids is 2. The zero-order chi connectivity index (χ0) is 17.1. The van der Waals surface area contributed by atoms with E-state index in [-0.39, 0.29) is 37.2 Å². The maximum absolute atomic E-state index is 12.3. The highest BCUT2D eigenvalue weighted by Gasteiger charge is 2.46. The third-order valence-electron chi connectivity index (χ3n) is 4.91. The monoisotopic (exact) mass is 330 g/mol. The molecule has 1 aromatic rings. The predicted octanol–water partition coefficient (Wildman–Crippen LogP) is 0.914. The van der Waals surface area contributed by atoms with Crippen molar-refractivity contribution in [1.29, 1.82) is 0 Å². The first-order chi connectivity index (χ1) is 11.5. The first-order valence-electron chi connectivity index (χ1n) is 8.36. The van der Waals surface area contributed by atoms with Crippen molar-refractivity contribution in [1.82, 2.24) is 10.2 Å². The van der Waals surface area contributed by atoms with Gasteiger partial charge in [-0.1, -0.05) is 30.3 Å². The van der Waals surface area contributed by atoms with Crippen LogP contribution in [0.15, 0.2) is 30.3 Å². The molecule has 3 rings (SSSR count). The van der Waals surface area contributed by atoms with Crippen molar-refractivity contribution < 1.29 is 19.5 Å². The van der Waals surface area contributed by atoms with Crippen LogP contribution in [0.3, 0.4) is 0 Å². The van der Waals surface area contributed by atoms with Crippen LogP contribution in [-0.4, -0.2) is 47.4 Å². The summed E-state index contributed by atoms with van der Waals surface area (Å²) < 4.78 is 0. The second-order valence-corrected chi connectivity index (χ2v) is 6.68. The maximum atomic E-state index is 12.3. The lowest BCUT2D eigenvalue weighted by atomic mass is 9.92. The normalized spacial score (nSPS) is 23.1. The number of likely N-dealkylation sites (tertiary alicyclic amines) is 1. The molecule has 0 unspecified atom stereocenters. The first-order valence-corrected chi connectivity index (χ1v) is 8.36. The van der Waals surface area contributed by atoms with E-state index in [4.69, 9.17) is 0 Å². The number of carboxylic acids is 1. The zero-order valence-electron chi connectivity index (χ0n) is 13.5. The topological polar surface area (TPSA) is 86.7 Å². The number of hydrogen-bond donors (Lipinski definition) is 2. The lowest BCUT2D eigenvalue weighted by Gasteiger charge is -2.16. The summed E-state index contributed by atoms with van der Waals surface area (Å²) in [6, 6.07) is 9.33. The van der Waals surface area contributed by atoms with Gasteiger partial charge in [0, 0.05) is 13.1 Å². The summed E-state index contributed by atoms with van der Waals surface area (Å²) in [5.41, 5.74) is 0.892. The van der Waals surface area contributed by atoms with Gasteiger partial charge in [0.2, 0.25) is 11.8 Å². The Balaban J connectivity index is 1.48. The Morgan fingerprint density at radius 1 is 1.12 bits per heavy atom. The molecule has 24 heavy (non-hydrogen) atoms. The third-order valence-corrected chi connectivity index (χ3v) is 4.91. The first kappa shape index (κ1) is 16.5. The van der Waals surface area contributed by atoms with E-state index in [1.165, 1.54) is 0 Å². The number of amides is 2. The minimum atomic E-state index is -0.824. The van der Waals surface area contributed by atoms with Gasteiger partial charge in [0.25, 0.3) is 0 Å². The lowest BCUT2D eigenvalue weighted by molar-refractivity contribution is -0.143. The minimum Gasteiger partial charge on any atom is -0.481 e. The van der Waals surface area contributed by atoms with Gasteiger partial charge in [-0.05, 0) is 30.2 Å². The number of benzene rings is 1. The molecule has 1 aliphatic carbocycles. The van der Waals surface area contributed by atoms with Crippen molar-refractivity contribution in [2.24, 2.45) is 17.8 Å². The van der Waals surface area contributed by atoms with Gasteiger partial charge in [0.1, 0.15) is 0 Å². The van der Waals surface area contributed by atoms with Crippen LogP contribution in [0.2, 0.25) is 0 Å². The Hall–Kier alpha value is -2.37. The molecule has 1 heterocycles. The molecule has 6 nitrogen and oxygen atoms in total. The number of hydrogen-bond acceptors (Lipinski definition) is 3. The smallest absolute Gasteiger partial charge is 0.308 e. The molecule has 1 saturated carbocycles. The molecule has 6 heteroatoms. The highest BCUT2D eigenvalue weighted by Crippen LogP contribution is 2.44. The van der Waals surface area contributed by atoms with Crippen molar-refractivity contribution in [2.75, 3.05) is 19.6 Å². The molecule has 1 saturated heterocycles. The fourth-order valence-electron chi connectivity index (χ4n) is 3.43. The van der Waals surface area contributed by atoms with Crippen molar-refractivity contribution in [3.63, 3.8) is 0 Å². The molecule has 2 N–H and O–H groups in total. The highest BCUT2D eigenvalue weighted by atomic mass is 16.4. The number of rotatable bonds is 6. The summed E-state index contributed by atoms with van der Waals surface area (Å²) in [5.74, 6) is -1.20. The Morgan fingerprint density at radius 3 is 2.46 bits per heavy atom. The number of aliphatic carboxylic acids is 1. The van der Waals surface area contributed by atoms with Gasteiger partial charge in [-0.3, -0.25) is 14.4 Å². The summed E-state index contributed by atoms with van der Waals surface area (Å²) in [6.07, 6.45) is 2.35. The summed E-state index contributed by atoms with van der Waals surface area (Å²) in [6.45, 7) is 0.675. The Kier molecular flexibility index (Phi) is 4.83. The fourth-order valence-corrected chi connectivity index (χ4v) is 3.43. The van der Waals surface area contributed by atoms with E-state index in [0.29, 0.717) is 12.5 Å². The van der Waals surface area contributed by atoms with E-state index >= 15 is 0 Å². The highest BCUT2D eigenvalue weighted by molar-refractivity contribution is 5.86. The van der Waals surface area contributed by atoms with Crippen molar-refractivity contribution in [2.45, 2.75) is 19.3 Å². The standard InChI is InChI=1S/C18H22N2O4/c21-16(8-12-4-2-1-3-5-12)19-9-17(22)20-10-14(13-6-7-13)15(11-20)18(23)24/h1-5,13-15H,6-11H2,(H,19,21)(H,23,24)/t14-,15+/m1/s1. The van der Waals surface area contributed by atoms with Gasteiger partial charge in [-0.15, -0.1) is 0 Å². The van der Waals surface area contributed by atoms with Crippen LogP contribution in [0.1, 0.15) is 18.4 Å². The maximum Gasteiger partial charge on any atom is 0.308 e. The molecule has 0 spiro atoms. The molecule has 1 aliphatic heterocycles. The summed E-state index contributed by atoms with van der Waals surface area (Å²) >= 11 is 0. The largest absolute Gasteiger partial charge is 0.481 e. The predicted molar refractivity (Wildman–Crippen MR) is 87.1 cm³/mol. The molecule has 0 radical (unpaired) electrons. The van der Waals surface area contributed by atoms with E-state index in [1.807, 2.05) is 30.3 Å². The molecule has 1 aromatic carbocycles. The average Bonchev–Trinajstić information content (AvgIpc) is 3.31. The Labute approximate surface area is 140 Å². The second-order valence-electron chi connectivity index (χ2n) is 6.68. The Bertz CT molecular complexity index is 627. The van der Waals surface area contributed by atoms with Crippen LogP contribution in [0.4, 0.5) is 0 Å². The van der Waals surface area contributed by atoms with E-state index in [0.717, 1.165) is 18.4 Å². The molecule has 0 bridgehead atoms. The minimum absolute atomic E-state index is 0.0615. The number of nitrogens with zero attached hydrogens (tertiary/aromatic N) is 1. The Morgan fingerprint density at radius 2 is 1.83 bits per heavy atom. The lowest BCUT2D eigenvalue weighted by Crippen LogP contribution is -2.40. The summed E-state index contributed by atoms with van der Waals surface area (Å²) in [7, 11) is 0. The van der Waals surface area contributed by atoms with Crippen molar-refractivity contribution in [3.8, 4) is 0 Å². The molecule has 0 aromatic heterocycles. The van der Waals surface area contributed by atoms with E-state index in [1.54, 1.807) is 4.90 Å². The van der Waals surface area contributed by atoms with Crippen LogP contribution in [-0.2, 0) is 20.8 Å². The van der Waals surface area contributed by atoms with Crippen LogP contribution in [0.25, 0.3) is 0 Å². The molecule has 2 aliphatic rings. The van der Waals surface area contributed by atoms with Gasteiger partial charge in [-0.2, -0.15) is 0 Å². The van der Waals surface area contributed by atoms with Gasteiger partial charge in [-0.25, -0.2) is 0 Å². The van der Waals surface area contributed by atoms with E-state index in [9.17, 15) is 19.5 Å². The van der Waals surface area contributed by atoms with Crippen LogP contribution >= 0.6 is 0 Å². The van der Waals surface area contributed by atoms with Gasteiger partial charge < -0.3 is 15.3 Å². The van der Waals surface area contributed by atoms with E-state index in [2.05, 4.69) is 5.32 Å². The van der Waals surface area contributed by atoms with Crippen LogP contribution in [0.5, 0.6) is 0 Å². The van der Waals surface area contributed by atoms with Crippen molar-refractivity contribution in [3.05, 3.63) is 35.9 Å². The molecule has 2 fully saturated rings. The van der Waals surface area contributed by atoms with Crippen LogP contribution in [0, 0.1) is 17.8 Å². The van der Waals surface area contributed by atoms with Gasteiger partial charge in [0.05, 0.1) is 18.9 Å². The van der Waals surface area contributed by atoms with Gasteiger partial charge in [0.15, 0.2) is 0 Å². The molecule has 2 amide bonds. The second kappa shape index (κ2) is 7.03. The SMILES string of the molecule is O=C(Cc1ccccc1)NCC(=O)N1C[C@H](C(=O)O)[C@@H](C2CC2)C1. The molecular weight excluding hydrogens is 308 g/mol. The quantitative estimate of drug-likeness (QED) is 0.812. The molecule has 128 valence electrons. The number of carbonyl (C=O) groups is 3.